The number of nitrogens with one attached hydrogen (secondary N) is 1. The van der Waals surface area contributed by atoms with E-state index in [1.807, 2.05) is 25.1 Å². The molecule has 1 aliphatic heterocycles. The predicted octanol–water partition coefficient (Wildman–Crippen LogP) is 2.80. The summed E-state index contributed by atoms with van der Waals surface area (Å²) in [6.45, 7) is 5.19. The van der Waals surface area contributed by atoms with Gasteiger partial charge in [-0.2, -0.15) is 0 Å². The molecular weight excluding hydrogens is 360 g/mol. The van der Waals surface area contributed by atoms with Crippen molar-refractivity contribution < 1.29 is 14.3 Å². The summed E-state index contributed by atoms with van der Waals surface area (Å²) in [5.74, 6) is -0.126. The molecule has 0 spiro atoms. The fourth-order valence-corrected chi connectivity index (χ4v) is 2.85. The Hall–Kier alpha value is -1.40. The molecule has 6 heteroatoms. The number of carbonyl (C=O) groups is 2. The summed E-state index contributed by atoms with van der Waals surface area (Å²) in [5.41, 5.74) is 1.86. The topological polar surface area (TPSA) is 58.6 Å². The predicted molar refractivity (Wildman–Crippen MR) is 93.5 cm³/mol. The zero-order valence-electron chi connectivity index (χ0n) is 13.6. The SMILES string of the molecule is CC(=O)N(CCC(=O)NCC1CCCO1)c1ccc(Br)c(C)c1. The highest BCUT2D eigenvalue weighted by Crippen LogP contribution is 2.23. The summed E-state index contributed by atoms with van der Waals surface area (Å²) in [6.07, 6.45) is 2.47. The van der Waals surface area contributed by atoms with Crippen molar-refractivity contribution in [3.05, 3.63) is 28.2 Å². The third kappa shape index (κ3) is 5.32. The third-order valence-electron chi connectivity index (χ3n) is 3.95. The van der Waals surface area contributed by atoms with Gasteiger partial charge in [0.15, 0.2) is 0 Å². The van der Waals surface area contributed by atoms with Crippen LogP contribution in [0.3, 0.4) is 0 Å². The molecule has 0 radical (unpaired) electrons. The van der Waals surface area contributed by atoms with Gasteiger partial charge in [0.25, 0.3) is 0 Å². The largest absolute Gasteiger partial charge is 0.376 e. The summed E-state index contributed by atoms with van der Waals surface area (Å²) < 4.78 is 6.48. The molecule has 2 rings (SSSR count). The van der Waals surface area contributed by atoms with Gasteiger partial charge in [-0.15, -0.1) is 0 Å². The Morgan fingerprint density at radius 3 is 2.83 bits per heavy atom. The Morgan fingerprint density at radius 1 is 1.43 bits per heavy atom. The number of rotatable bonds is 6. The number of nitrogens with zero attached hydrogens (tertiary/aromatic N) is 1. The van der Waals surface area contributed by atoms with Crippen LogP contribution in [-0.2, 0) is 14.3 Å². The summed E-state index contributed by atoms with van der Waals surface area (Å²) in [5, 5.41) is 2.88. The zero-order chi connectivity index (χ0) is 16.8. The molecule has 1 saturated heterocycles. The Kier molecular flexibility index (Phi) is 6.59. The Bertz CT molecular complexity index is 571. The minimum absolute atomic E-state index is 0.0550. The molecule has 1 unspecified atom stereocenters. The molecule has 1 atom stereocenters. The van der Waals surface area contributed by atoms with Gasteiger partial charge in [0.1, 0.15) is 0 Å². The van der Waals surface area contributed by atoms with E-state index in [2.05, 4.69) is 21.2 Å². The molecule has 1 heterocycles. The highest BCUT2D eigenvalue weighted by Gasteiger charge is 2.17. The lowest BCUT2D eigenvalue weighted by Crippen LogP contribution is -2.36. The highest BCUT2D eigenvalue weighted by molar-refractivity contribution is 9.10. The molecule has 0 aromatic heterocycles. The molecule has 1 aromatic rings. The van der Waals surface area contributed by atoms with Crippen LogP contribution in [0.25, 0.3) is 0 Å². The van der Waals surface area contributed by atoms with Crippen LogP contribution in [0.5, 0.6) is 0 Å². The maximum atomic E-state index is 12.0. The van der Waals surface area contributed by atoms with Gasteiger partial charge < -0.3 is 15.0 Å². The van der Waals surface area contributed by atoms with Crippen LogP contribution in [0, 0.1) is 6.92 Å². The van der Waals surface area contributed by atoms with Crippen molar-refractivity contribution in [1.29, 1.82) is 0 Å². The fourth-order valence-electron chi connectivity index (χ4n) is 2.60. The van der Waals surface area contributed by atoms with E-state index in [1.54, 1.807) is 4.90 Å². The van der Waals surface area contributed by atoms with Crippen LogP contribution in [0.4, 0.5) is 5.69 Å². The van der Waals surface area contributed by atoms with E-state index in [4.69, 9.17) is 4.74 Å². The summed E-state index contributed by atoms with van der Waals surface area (Å²) in [6, 6.07) is 5.73. The van der Waals surface area contributed by atoms with E-state index in [1.165, 1.54) is 6.92 Å². The van der Waals surface area contributed by atoms with Gasteiger partial charge in [0.05, 0.1) is 6.10 Å². The van der Waals surface area contributed by atoms with E-state index in [0.29, 0.717) is 13.1 Å². The monoisotopic (exact) mass is 382 g/mol. The van der Waals surface area contributed by atoms with Crippen LogP contribution in [0.2, 0.25) is 0 Å². The molecule has 5 nitrogen and oxygen atoms in total. The van der Waals surface area contributed by atoms with E-state index in [-0.39, 0.29) is 24.3 Å². The van der Waals surface area contributed by atoms with Crippen LogP contribution >= 0.6 is 15.9 Å². The lowest BCUT2D eigenvalue weighted by atomic mass is 10.2. The molecule has 0 aliphatic carbocycles. The normalized spacial score (nSPS) is 17.1. The maximum Gasteiger partial charge on any atom is 0.223 e. The number of hydrogen-bond donors (Lipinski definition) is 1. The number of aryl methyl sites for hydroxylation is 1. The number of benzene rings is 1. The average Bonchev–Trinajstić information content (AvgIpc) is 3.02. The molecule has 0 saturated carbocycles. The van der Waals surface area contributed by atoms with E-state index in [9.17, 15) is 9.59 Å². The van der Waals surface area contributed by atoms with E-state index >= 15 is 0 Å². The number of halogens is 1. The summed E-state index contributed by atoms with van der Waals surface area (Å²) in [7, 11) is 0. The van der Waals surface area contributed by atoms with Crippen molar-refractivity contribution in [1.82, 2.24) is 5.32 Å². The first-order valence-corrected chi connectivity index (χ1v) is 8.69. The van der Waals surface area contributed by atoms with Gasteiger partial charge in [-0.05, 0) is 43.5 Å². The lowest BCUT2D eigenvalue weighted by Gasteiger charge is -2.22. The summed E-state index contributed by atoms with van der Waals surface area (Å²) >= 11 is 3.45. The van der Waals surface area contributed by atoms with Crippen molar-refractivity contribution >= 4 is 33.4 Å². The van der Waals surface area contributed by atoms with Crippen LogP contribution < -0.4 is 10.2 Å². The van der Waals surface area contributed by atoms with Gasteiger partial charge in [-0.3, -0.25) is 9.59 Å². The van der Waals surface area contributed by atoms with Gasteiger partial charge in [-0.25, -0.2) is 0 Å². The smallest absolute Gasteiger partial charge is 0.223 e. The van der Waals surface area contributed by atoms with Crippen LogP contribution in [0.1, 0.15) is 31.7 Å². The molecule has 23 heavy (non-hydrogen) atoms. The number of ether oxygens (including phenoxy) is 1. The molecular formula is C17H23BrN2O3. The molecule has 126 valence electrons. The number of anilines is 1. The van der Waals surface area contributed by atoms with Crippen LogP contribution in [-0.4, -0.2) is 37.6 Å². The van der Waals surface area contributed by atoms with Crippen LogP contribution in [0.15, 0.2) is 22.7 Å². The van der Waals surface area contributed by atoms with Crippen molar-refractivity contribution in [2.24, 2.45) is 0 Å². The molecule has 1 aliphatic rings. The second-order valence-corrected chi connectivity index (χ2v) is 6.65. The number of amides is 2. The Labute approximate surface area is 145 Å². The van der Waals surface area contributed by atoms with Gasteiger partial charge in [0.2, 0.25) is 11.8 Å². The molecule has 1 fully saturated rings. The molecule has 1 N–H and O–H groups in total. The van der Waals surface area contributed by atoms with E-state index in [0.717, 1.165) is 35.2 Å². The quantitative estimate of drug-likeness (QED) is 0.822. The first kappa shape index (κ1) is 17.9. The second kappa shape index (κ2) is 8.45. The first-order chi connectivity index (χ1) is 11.0. The Morgan fingerprint density at radius 2 is 2.22 bits per heavy atom. The minimum Gasteiger partial charge on any atom is -0.376 e. The zero-order valence-corrected chi connectivity index (χ0v) is 15.2. The first-order valence-electron chi connectivity index (χ1n) is 7.90. The number of carbonyl (C=O) groups excluding carboxylic acids is 2. The minimum atomic E-state index is -0.0707. The lowest BCUT2D eigenvalue weighted by molar-refractivity contribution is -0.121. The third-order valence-corrected chi connectivity index (χ3v) is 4.84. The van der Waals surface area contributed by atoms with Crippen molar-refractivity contribution in [2.45, 2.75) is 39.2 Å². The van der Waals surface area contributed by atoms with Gasteiger partial charge >= 0.3 is 0 Å². The van der Waals surface area contributed by atoms with Crippen molar-refractivity contribution in [3.8, 4) is 0 Å². The maximum absolute atomic E-state index is 12.0. The van der Waals surface area contributed by atoms with E-state index < -0.39 is 0 Å². The van der Waals surface area contributed by atoms with Gasteiger partial charge in [0, 0.05) is 43.2 Å². The molecule has 2 amide bonds. The number of hydrogen-bond acceptors (Lipinski definition) is 3. The average molecular weight is 383 g/mol. The second-order valence-electron chi connectivity index (χ2n) is 5.79. The fraction of sp³-hybridized carbons (Fsp3) is 0.529. The molecule has 1 aromatic carbocycles. The highest BCUT2D eigenvalue weighted by atomic mass is 79.9. The van der Waals surface area contributed by atoms with Gasteiger partial charge in [-0.1, -0.05) is 15.9 Å². The van der Waals surface area contributed by atoms with Crippen molar-refractivity contribution in [3.63, 3.8) is 0 Å². The van der Waals surface area contributed by atoms with Crippen molar-refractivity contribution in [2.75, 3.05) is 24.6 Å². The summed E-state index contributed by atoms with van der Waals surface area (Å²) in [4.78, 5) is 25.5. The standard InChI is InChI=1S/C17H23BrN2O3/c1-12-10-14(5-6-16(12)18)20(13(2)21)8-7-17(22)19-11-15-4-3-9-23-15/h5-6,10,15H,3-4,7-9,11H2,1-2H3,(H,19,22). The molecule has 0 bridgehead atoms. The Balaban J connectivity index is 1.87.